The first-order chi connectivity index (χ1) is 11.8. The minimum atomic E-state index is 0.109. The molecule has 0 heterocycles. The second kappa shape index (κ2) is 65.3. The fraction of sp³-hybridized carbons (Fsp3) is 0.579. The number of hydrogen-bond acceptors (Lipinski definition) is 4. The lowest BCUT2D eigenvalue weighted by atomic mass is 10.4. The van der Waals surface area contributed by atoms with Crippen LogP contribution in [0.25, 0.3) is 0 Å². The summed E-state index contributed by atoms with van der Waals surface area (Å²) in [5.41, 5.74) is 0. The largest absolute Gasteiger partial charge is 0.397 e. The Morgan fingerprint density at radius 3 is 1.24 bits per heavy atom. The quantitative estimate of drug-likeness (QED) is 0.245. The van der Waals surface area contributed by atoms with Gasteiger partial charge in [0, 0.05) is 17.3 Å². The third kappa shape index (κ3) is 260. The van der Waals surface area contributed by atoms with E-state index in [4.69, 9.17) is 15.0 Å². The lowest BCUT2D eigenvalue weighted by Gasteiger charge is -1.68. The van der Waals surface area contributed by atoms with Crippen LogP contribution in [0.1, 0.15) is 48.5 Å². The Hall–Kier alpha value is -0.560. The zero-order valence-corrected chi connectivity index (χ0v) is 20.0. The molecule has 0 unspecified atom stereocenters. The van der Waals surface area contributed by atoms with E-state index in [9.17, 15) is 4.79 Å². The van der Waals surface area contributed by atoms with Crippen molar-refractivity contribution in [1.29, 1.82) is 0 Å². The van der Waals surface area contributed by atoms with Crippen LogP contribution in [0.4, 0.5) is 0 Å². The molecule has 0 spiro atoms. The molecule has 152 valence electrons. The molecule has 0 fully saturated rings. The molecule has 0 rings (SSSR count). The van der Waals surface area contributed by atoms with Crippen molar-refractivity contribution in [3.8, 4) is 0 Å². The van der Waals surface area contributed by atoms with Crippen LogP contribution in [0.2, 0.25) is 0 Å². The molecule has 0 amide bonds. The van der Waals surface area contributed by atoms with E-state index in [2.05, 4.69) is 31.9 Å². The van der Waals surface area contributed by atoms with E-state index in [1.54, 1.807) is 25.2 Å². The van der Waals surface area contributed by atoms with Crippen molar-refractivity contribution in [3.63, 3.8) is 0 Å². The van der Waals surface area contributed by atoms with Crippen molar-refractivity contribution < 1.29 is 19.8 Å². The predicted molar refractivity (Wildman–Crippen MR) is 120 cm³/mol. The molecule has 0 atom stereocenters. The molecular weight excluding hydrogens is 452 g/mol. The Bertz CT molecular complexity index is 263. The lowest BCUT2D eigenvalue weighted by molar-refractivity contribution is -0.112. The highest BCUT2D eigenvalue weighted by atomic mass is 79.9. The van der Waals surface area contributed by atoms with Crippen molar-refractivity contribution in [2.75, 3.05) is 23.9 Å². The van der Waals surface area contributed by atoms with E-state index in [0.717, 1.165) is 16.9 Å². The van der Waals surface area contributed by atoms with E-state index < -0.39 is 0 Å². The van der Waals surface area contributed by atoms with Crippen LogP contribution in [0.5, 0.6) is 0 Å². The summed E-state index contributed by atoms with van der Waals surface area (Å²) in [7, 11) is 0. The maximum atomic E-state index is 9.96. The minimum Gasteiger partial charge on any atom is -0.397 e. The molecule has 0 aromatic rings. The van der Waals surface area contributed by atoms with Crippen molar-refractivity contribution >= 4 is 43.9 Å². The fourth-order valence-corrected chi connectivity index (χ4v) is 0.803. The van der Waals surface area contributed by atoms with Gasteiger partial charge in [-0.05, 0) is 47.6 Å². The van der Waals surface area contributed by atoms with Gasteiger partial charge in [-0.25, -0.2) is 0 Å². The zero-order chi connectivity index (χ0) is 21.4. The number of hydrogen-bond donors (Lipinski definition) is 2. The van der Waals surface area contributed by atoms with Gasteiger partial charge in [0.25, 0.3) is 0 Å². The molecule has 0 saturated heterocycles. The molecular formula is C19H38Br2O4. The average molecular weight is 490 g/mol. The van der Waals surface area contributed by atoms with Crippen molar-refractivity contribution in [1.82, 2.24) is 0 Å². The maximum absolute atomic E-state index is 9.96. The van der Waals surface area contributed by atoms with Crippen LogP contribution in [0, 0.1) is 0 Å². The standard InChI is InChI=1S/C5H8O.C4H7Br.C4H8O.C2H5Br.C2H6O.C2H4O/c1-3-4-5(2)6;2*1-2-3-4-5;3*1-2-3/h3-4H,1-2H3;2-3H,4H2,1H3;2-3,5H,4H2,1H3;2H2,1H3;3H,2H2,1H3;2H,1H3/b4-3+;2*3-2+;;;. The normalized spacial score (nSPS) is 8.28. The third-order valence-electron chi connectivity index (χ3n) is 1.07. The zero-order valence-electron chi connectivity index (χ0n) is 16.8. The monoisotopic (exact) mass is 488 g/mol. The molecule has 4 nitrogen and oxygen atoms in total. The summed E-state index contributed by atoms with van der Waals surface area (Å²) in [5, 5.41) is 17.6. The number of carbonyl (C=O) groups excluding carboxylic acids is 2. The molecule has 0 saturated carbocycles. The first-order valence-corrected chi connectivity index (χ1v) is 10.2. The van der Waals surface area contributed by atoms with Crippen LogP contribution < -0.4 is 0 Å². The van der Waals surface area contributed by atoms with Crippen molar-refractivity contribution in [2.24, 2.45) is 0 Å². The molecule has 25 heavy (non-hydrogen) atoms. The SMILES string of the molecule is C/C=C/C(C)=O.C/C=C/CBr.C/C=C/CO.CC=O.CCBr.CCO. The van der Waals surface area contributed by atoms with Crippen molar-refractivity contribution in [3.05, 3.63) is 36.5 Å². The average Bonchev–Trinajstić information content (AvgIpc) is 2.52. The molecule has 0 aliphatic carbocycles. The Morgan fingerprint density at radius 1 is 0.920 bits per heavy atom. The van der Waals surface area contributed by atoms with E-state index in [0.29, 0.717) is 0 Å². The van der Waals surface area contributed by atoms with E-state index in [-0.39, 0.29) is 19.0 Å². The van der Waals surface area contributed by atoms with E-state index in [1.165, 1.54) is 19.9 Å². The highest BCUT2D eigenvalue weighted by molar-refractivity contribution is 9.09. The summed E-state index contributed by atoms with van der Waals surface area (Å²) in [4.78, 5) is 18.8. The molecule has 0 aromatic heterocycles. The number of aliphatic hydroxyl groups is 2. The summed E-state index contributed by atoms with van der Waals surface area (Å²) < 4.78 is 0. The summed E-state index contributed by atoms with van der Waals surface area (Å²) in [6.07, 6.45) is 11.5. The molecule has 0 aliphatic heterocycles. The highest BCUT2D eigenvalue weighted by Crippen LogP contribution is 1.77. The molecule has 0 bridgehead atoms. The predicted octanol–water partition coefficient (Wildman–Crippen LogP) is 5.27. The molecule has 6 heteroatoms. The number of aldehydes is 1. The van der Waals surface area contributed by atoms with Gasteiger partial charge in [0.15, 0.2) is 5.78 Å². The number of halogens is 2. The number of carbonyl (C=O) groups is 2. The van der Waals surface area contributed by atoms with Crippen LogP contribution in [-0.2, 0) is 9.59 Å². The Balaban J connectivity index is -0.0000000445. The molecule has 0 radical (unpaired) electrons. The van der Waals surface area contributed by atoms with E-state index >= 15 is 0 Å². The second-order valence-electron chi connectivity index (χ2n) is 3.40. The first kappa shape index (κ1) is 39.5. The molecule has 0 aromatic carbocycles. The Kier molecular flexibility index (Phi) is 103. The first-order valence-electron chi connectivity index (χ1n) is 7.94. The third-order valence-corrected chi connectivity index (χ3v) is 1.44. The lowest BCUT2D eigenvalue weighted by Crippen LogP contribution is -1.76. The van der Waals surface area contributed by atoms with Gasteiger partial charge >= 0.3 is 0 Å². The Labute approximate surface area is 172 Å². The fourth-order valence-electron chi connectivity index (χ4n) is 0.429. The van der Waals surface area contributed by atoms with Crippen molar-refractivity contribution in [2.45, 2.75) is 48.5 Å². The van der Waals surface area contributed by atoms with Gasteiger partial charge in [0.2, 0.25) is 0 Å². The number of allylic oxidation sites excluding steroid dienone is 5. The molecule has 2 N–H and O–H groups in total. The van der Waals surface area contributed by atoms with Crippen LogP contribution in [-0.4, -0.2) is 46.2 Å². The number of ketones is 1. The van der Waals surface area contributed by atoms with Crippen LogP contribution in [0.3, 0.4) is 0 Å². The van der Waals surface area contributed by atoms with Gasteiger partial charge in [-0.1, -0.05) is 69.2 Å². The van der Waals surface area contributed by atoms with Gasteiger partial charge in [-0.15, -0.1) is 0 Å². The van der Waals surface area contributed by atoms with Gasteiger partial charge < -0.3 is 15.0 Å². The van der Waals surface area contributed by atoms with Crippen LogP contribution >= 0.6 is 31.9 Å². The summed E-state index contributed by atoms with van der Waals surface area (Å²) in [5.74, 6) is 0.109. The van der Waals surface area contributed by atoms with Crippen LogP contribution in [0.15, 0.2) is 36.5 Å². The summed E-state index contributed by atoms with van der Waals surface area (Å²) >= 11 is 6.37. The minimum absolute atomic E-state index is 0.109. The topological polar surface area (TPSA) is 74.6 Å². The number of aliphatic hydroxyl groups excluding tert-OH is 2. The maximum Gasteiger partial charge on any atom is 0.152 e. The summed E-state index contributed by atoms with van der Waals surface area (Å²) in [6.45, 7) is 12.8. The Morgan fingerprint density at radius 2 is 1.24 bits per heavy atom. The smallest absolute Gasteiger partial charge is 0.152 e. The molecule has 0 aliphatic rings. The summed E-state index contributed by atoms with van der Waals surface area (Å²) in [6, 6.07) is 0. The van der Waals surface area contributed by atoms with Gasteiger partial charge in [-0.3, -0.25) is 4.79 Å². The number of alkyl halides is 2. The van der Waals surface area contributed by atoms with Gasteiger partial charge in [0.1, 0.15) is 6.29 Å². The van der Waals surface area contributed by atoms with E-state index in [1.807, 2.05) is 39.8 Å². The number of rotatable bonds is 3. The van der Waals surface area contributed by atoms with Gasteiger partial charge in [0.05, 0.1) is 6.61 Å². The second-order valence-corrected chi connectivity index (χ2v) is 5.17. The van der Waals surface area contributed by atoms with Gasteiger partial charge in [-0.2, -0.15) is 0 Å². The highest BCUT2D eigenvalue weighted by Gasteiger charge is 1.73.